The Bertz CT molecular complexity index is 1490. The molecule has 0 saturated heterocycles. The highest BCUT2D eigenvalue weighted by Gasteiger charge is 2.38. The number of hydrogen-bond donors (Lipinski definition) is 2. The van der Waals surface area contributed by atoms with Crippen molar-refractivity contribution in [2.24, 2.45) is 5.73 Å². The third-order valence-electron chi connectivity index (χ3n) is 6.66. The van der Waals surface area contributed by atoms with Crippen LogP contribution in [0.5, 0.6) is 5.88 Å². The molecule has 1 heterocycles. The zero-order valence-corrected chi connectivity index (χ0v) is 24.5. The maximum absolute atomic E-state index is 14.9. The SMILES string of the molecule is COCc1ccc(C(C(=O)Nc2ccc([Si](C)(C)C)c(F)c2)[C@@H](C(N)=O)c2cc(OCc3ccccc3)no2)cc1. The molecule has 4 aromatic rings. The van der Waals surface area contributed by atoms with Gasteiger partial charge in [-0.3, -0.25) is 9.59 Å². The first-order chi connectivity index (χ1) is 19.6. The van der Waals surface area contributed by atoms with E-state index in [0.29, 0.717) is 17.4 Å². The molecule has 0 spiro atoms. The lowest BCUT2D eigenvalue weighted by molar-refractivity contribution is -0.125. The van der Waals surface area contributed by atoms with Crippen LogP contribution in [0, 0.1) is 5.82 Å². The number of nitrogens with one attached hydrogen (secondary N) is 1. The summed E-state index contributed by atoms with van der Waals surface area (Å²) in [5.41, 5.74) is 8.44. The molecule has 0 fully saturated rings. The van der Waals surface area contributed by atoms with Gasteiger partial charge in [-0.2, -0.15) is 0 Å². The summed E-state index contributed by atoms with van der Waals surface area (Å²) in [4.78, 5) is 26.7. The van der Waals surface area contributed by atoms with E-state index in [1.807, 2.05) is 50.0 Å². The van der Waals surface area contributed by atoms with Crippen LogP contribution in [0.2, 0.25) is 19.6 Å². The molecule has 0 aliphatic carbocycles. The van der Waals surface area contributed by atoms with Crippen LogP contribution < -0.4 is 21.0 Å². The summed E-state index contributed by atoms with van der Waals surface area (Å²) < 4.78 is 31.3. The Kier molecular flexibility index (Phi) is 9.36. The van der Waals surface area contributed by atoms with Gasteiger partial charge in [0.25, 0.3) is 5.88 Å². The maximum Gasteiger partial charge on any atom is 0.254 e. The molecule has 0 aliphatic rings. The van der Waals surface area contributed by atoms with E-state index in [4.69, 9.17) is 19.7 Å². The second-order valence-electron chi connectivity index (χ2n) is 10.8. The molecule has 0 bridgehead atoms. The Morgan fingerprint density at radius 1 is 0.951 bits per heavy atom. The molecule has 3 N–H and O–H groups in total. The molecule has 2 amide bonds. The van der Waals surface area contributed by atoms with Crippen molar-refractivity contribution in [2.75, 3.05) is 12.4 Å². The highest BCUT2D eigenvalue weighted by Crippen LogP contribution is 2.36. The molecule has 2 atom stereocenters. The molecule has 0 radical (unpaired) electrons. The van der Waals surface area contributed by atoms with Crippen LogP contribution >= 0.6 is 0 Å². The molecule has 3 aromatic carbocycles. The normalized spacial score (nSPS) is 12.9. The Morgan fingerprint density at radius 2 is 1.63 bits per heavy atom. The second-order valence-corrected chi connectivity index (χ2v) is 15.8. The van der Waals surface area contributed by atoms with Crippen LogP contribution in [0.4, 0.5) is 10.1 Å². The predicted molar refractivity (Wildman–Crippen MR) is 157 cm³/mol. The molecule has 214 valence electrons. The minimum Gasteiger partial charge on any atom is -0.471 e. The van der Waals surface area contributed by atoms with Gasteiger partial charge in [-0.1, -0.05) is 80.3 Å². The summed E-state index contributed by atoms with van der Waals surface area (Å²) in [6.45, 7) is 6.74. The lowest BCUT2D eigenvalue weighted by Crippen LogP contribution is -2.40. The van der Waals surface area contributed by atoms with Crippen molar-refractivity contribution in [3.63, 3.8) is 0 Å². The maximum atomic E-state index is 14.9. The summed E-state index contributed by atoms with van der Waals surface area (Å²) >= 11 is 0. The van der Waals surface area contributed by atoms with Crippen molar-refractivity contribution in [1.29, 1.82) is 0 Å². The first-order valence-corrected chi connectivity index (χ1v) is 16.7. The number of methoxy groups -OCH3 is 1. The molecule has 41 heavy (non-hydrogen) atoms. The van der Waals surface area contributed by atoms with Crippen LogP contribution in [-0.4, -0.2) is 32.2 Å². The number of hydrogen-bond acceptors (Lipinski definition) is 6. The molecule has 8 nitrogen and oxygen atoms in total. The van der Waals surface area contributed by atoms with Crippen molar-refractivity contribution in [1.82, 2.24) is 5.16 Å². The number of benzene rings is 3. The minimum absolute atomic E-state index is 0.0712. The quantitative estimate of drug-likeness (QED) is 0.228. The van der Waals surface area contributed by atoms with E-state index in [2.05, 4.69) is 10.5 Å². The van der Waals surface area contributed by atoms with E-state index in [1.165, 1.54) is 12.1 Å². The number of rotatable bonds is 12. The molecule has 1 unspecified atom stereocenters. The Hall–Kier alpha value is -4.28. The first-order valence-electron chi connectivity index (χ1n) is 13.2. The fourth-order valence-corrected chi connectivity index (χ4v) is 5.96. The summed E-state index contributed by atoms with van der Waals surface area (Å²) in [6, 6.07) is 22.7. The van der Waals surface area contributed by atoms with Gasteiger partial charge in [-0.05, 0) is 39.2 Å². The number of carbonyl (C=O) groups excluding carboxylic acids is 2. The van der Waals surface area contributed by atoms with E-state index in [1.54, 1.807) is 43.5 Å². The van der Waals surface area contributed by atoms with Gasteiger partial charge in [0, 0.05) is 18.9 Å². The number of halogens is 1. The molecule has 0 aliphatic heterocycles. The van der Waals surface area contributed by atoms with Gasteiger partial charge in [0.05, 0.1) is 20.6 Å². The number of aromatic nitrogens is 1. The number of primary amides is 1. The third-order valence-corrected chi connectivity index (χ3v) is 8.68. The van der Waals surface area contributed by atoms with Gasteiger partial charge in [0.2, 0.25) is 11.8 Å². The Labute approximate surface area is 239 Å². The number of nitrogens with zero attached hydrogens (tertiary/aromatic N) is 1. The van der Waals surface area contributed by atoms with Crippen molar-refractivity contribution >= 4 is 30.8 Å². The lowest BCUT2D eigenvalue weighted by Gasteiger charge is -2.23. The number of carbonyl (C=O) groups is 2. The van der Waals surface area contributed by atoms with Crippen LogP contribution in [0.15, 0.2) is 83.4 Å². The van der Waals surface area contributed by atoms with Crippen LogP contribution in [0.1, 0.15) is 34.3 Å². The molecule has 0 saturated carbocycles. The monoisotopic (exact) mass is 575 g/mol. The smallest absolute Gasteiger partial charge is 0.254 e. The lowest BCUT2D eigenvalue weighted by atomic mass is 9.82. The number of nitrogens with two attached hydrogens (primary N) is 1. The van der Waals surface area contributed by atoms with Gasteiger partial charge < -0.3 is 25.0 Å². The molecule has 4 rings (SSSR count). The molecular weight excluding hydrogens is 541 g/mol. The van der Waals surface area contributed by atoms with E-state index in [0.717, 1.165) is 11.1 Å². The van der Waals surface area contributed by atoms with Gasteiger partial charge >= 0.3 is 0 Å². The minimum atomic E-state index is -1.92. The van der Waals surface area contributed by atoms with Crippen molar-refractivity contribution < 1.29 is 28.0 Å². The number of ether oxygens (including phenoxy) is 2. The largest absolute Gasteiger partial charge is 0.471 e. The highest BCUT2D eigenvalue weighted by molar-refractivity contribution is 6.88. The zero-order chi connectivity index (χ0) is 29.6. The van der Waals surface area contributed by atoms with Gasteiger partial charge in [-0.15, -0.1) is 0 Å². The predicted octanol–water partition coefficient (Wildman–Crippen LogP) is 5.08. The van der Waals surface area contributed by atoms with Gasteiger partial charge in [-0.25, -0.2) is 4.39 Å². The summed E-state index contributed by atoms with van der Waals surface area (Å²) in [7, 11) is -0.337. The van der Waals surface area contributed by atoms with Gasteiger partial charge in [0.1, 0.15) is 18.3 Å². The zero-order valence-electron chi connectivity index (χ0n) is 23.5. The van der Waals surface area contributed by atoms with Crippen molar-refractivity contribution in [3.8, 4) is 5.88 Å². The molecule has 1 aromatic heterocycles. The fourth-order valence-electron chi connectivity index (χ4n) is 4.59. The number of amides is 2. The van der Waals surface area contributed by atoms with Crippen LogP contribution in [0.25, 0.3) is 0 Å². The van der Waals surface area contributed by atoms with Crippen LogP contribution in [0.3, 0.4) is 0 Å². The Balaban J connectivity index is 1.66. The average molecular weight is 576 g/mol. The highest BCUT2D eigenvalue weighted by atomic mass is 28.3. The second kappa shape index (κ2) is 12.9. The summed E-state index contributed by atoms with van der Waals surface area (Å²) in [5, 5.41) is 7.36. The topological polar surface area (TPSA) is 117 Å². The van der Waals surface area contributed by atoms with E-state index < -0.39 is 31.7 Å². The van der Waals surface area contributed by atoms with Gasteiger partial charge in [0.15, 0.2) is 5.76 Å². The average Bonchev–Trinajstić information content (AvgIpc) is 3.39. The Morgan fingerprint density at radius 3 is 2.24 bits per heavy atom. The summed E-state index contributed by atoms with van der Waals surface area (Å²) in [6.07, 6.45) is 0. The number of anilines is 1. The van der Waals surface area contributed by atoms with E-state index in [9.17, 15) is 14.0 Å². The summed E-state index contributed by atoms with van der Waals surface area (Å²) in [5.74, 6) is -3.86. The first kappa shape index (κ1) is 29.7. The fraction of sp³-hybridized carbons (Fsp3) is 0.258. The van der Waals surface area contributed by atoms with E-state index in [-0.39, 0.29) is 29.8 Å². The van der Waals surface area contributed by atoms with Crippen molar-refractivity contribution in [3.05, 3.63) is 107 Å². The molecular formula is C31H34FN3O5Si. The molecule has 10 heteroatoms. The van der Waals surface area contributed by atoms with Crippen LogP contribution in [-0.2, 0) is 27.5 Å². The third kappa shape index (κ3) is 7.47. The standard InChI is InChI=1S/C31H34FN3O5Si/c1-38-18-21-10-12-22(13-11-21)28(31(37)34-23-14-15-26(24(32)16-23)41(2,3)4)29(30(33)36)25-17-27(35-40-25)39-19-20-8-6-5-7-9-20/h5-17,28-29H,18-19H2,1-4H3,(H2,33,36)(H,34,37)/t28?,29-/m0/s1. The van der Waals surface area contributed by atoms with Crippen molar-refractivity contribution in [2.45, 2.75) is 44.7 Å². The van der Waals surface area contributed by atoms with E-state index >= 15 is 0 Å².